The van der Waals surface area contributed by atoms with Gasteiger partial charge in [0.15, 0.2) is 0 Å². The fourth-order valence-corrected chi connectivity index (χ4v) is 1.95. The molecular formula is C12H20N2O4. The predicted molar refractivity (Wildman–Crippen MR) is 64.9 cm³/mol. The number of rotatable bonds is 7. The molecule has 3 N–H and O–H groups in total. The third-order valence-electron chi connectivity index (χ3n) is 3.18. The molecule has 0 heterocycles. The average molecular weight is 256 g/mol. The summed E-state index contributed by atoms with van der Waals surface area (Å²) in [6.07, 6.45) is 2.72. The number of carbonyl (C=O) groups is 3. The van der Waals surface area contributed by atoms with Crippen molar-refractivity contribution in [3.8, 4) is 0 Å². The summed E-state index contributed by atoms with van der Waals surface area (Å²) < 4.78 is 0. The second-order valence-corrected chi connectivity index (χ2v) is 4.60. The molecule has 0 aliphatic heterocycles. The van der Waals surface area contributed by atoms with Gasteiger partial charge in [-0.25, -0.2) is 4.79 Å². The van der Waals surface area contributed by atoms with Gasteiger partial charge in [0.1, 0.15) is 5.54 Å². The van der Waals surface area contributed by atoms with Gasteiger partial charge in [0.25, 0.3) is 0 Å². The zero-order valence-electron chi connectivity index (χ0n) is 10.6. The standard InChI is InChI=1S/C12H20N2O4/c1-2-13-9(15)5-3-6-10(16)14-12(11(17)18)7-4-8-12/h2-8H2,1H3,(H,13,15)(H,14,16)(H,17,18). The maximum absolute atomic E-state index is 11.6. The number of hydrogen-bond acceptors (Lipinski definition) is 3. The number of nitrogens with one attached hydrogen (secondary N) is 2. The average Bonchev–Trinajstić information content (AvgIpc) is 2.23. The van der Waals surface area contributed by atoms with Gasteiger partial charge in [-0.05, 0) is 32.6 Å². The van der Waals surface area contributed by atoms with Gasteiger partial charge in [0.2, 0.25) is 11.8 Å². The quantitative estimate of drug-likeness (QED) is 0.615. The molecule has 0 atom stereocenters. The number of aliphatic carboxylic acids is 1. The zero-order valence-corrected chi connectivity index (χ0v) is 10.6. The van der Waals surface area contributed by atoms with E-state index in [0.29, 0.717) is 32.2 Å². The van der Waals surface area contributed by atoms with Gasteiger partial charge in [-0.15, -0.1) is 0 Å². The van der Waals surface area contributed by atoms with Gasteiger partial charge >= 0.3 is 5.97 Å². The van der Waals surface area contributed by atoms with Gasteiger partial charge in [-0.2, -0.15) is 0 Å². The predicted octanol–water partition coefficient (Wildman–Crippen LogP) is 0.416. The smallest absolute Gasteiger partial charge is 0.329 e. The lowest BCUT2D eigenvalue weighted by Crippen LogP contribution is -2.59. The van der Waals surface area contributed by atoms with Crippen LogP contribution in [-0.4, -0.2) is 35.0 Å². The Morgan fingerprint density at radius 2 is 1.78 bits per heavy atom. The molecule has 6 heteroatoms. The van der Waals surface area contributed by atoms with E-state index in [-0.39, 0.29) is 18.2 Å². The molecule has 0 radical (unpaired) electrons. The second-order valence-electron chi connectivity index (χ2n) is 4.60. The highest BCUT2D eigenvalue weighted by atomic mass is 16.4. The van der Waals surface area contributed by atoms with Crippen molar-refractivity contribution < 1.29 is 19.5 Å². The third-order valence-corrected chi connectivity index (χ3v) is 3.18. The highest BCUT2D eigenvalue weighted by Crippen LogP contribution is 2.32. The molecule has 0 aromatic carbocycles. The summed E-state index contributed by atoms with van der Waals surface area (Å²) in [6, 6.07) is 0. The van der Waals surface area contributed by atoms with Crippen LogP contribution in [0.3, 0.4) is 0 Å². The Morgan fingerprint density at radius 1 is 1.17 bits per heavy atom. The molecule has 0 aromatic heterocycles. The fraction of sp³-hybridized carbons (Fsp3) is 0.750. The van der Waals surface area contributed by atoms with Crippen molar-refractivity contribution in [3.05, 3.63) is 0 Å². The lowest BCUT2D eigenvalue weighted by Gasteiger charge is -2.38. The van der Waals surface area contributed by atoms with Crippen molar-refractivity contribution >= 4 is 17.8 Å². The summed E-state index contributed by atoms with van der Waals surface area (Å²) in [5, 5.41) is 14.2. The van der Waals surface area contributed by atoms with Crippen molar-refractivity contribution in [2.45, 2.75) is 51.0 Å². The number of amides is 2. The molecule has 1 saturated carbocycles. The van der Waals surface area contributed by atoms with Crippen LogP contribution in [-0.2, 0) is 14.4 Å². The molecule has 1 rings (SSSR count). The van der Waals surface area contributed by atoms with Crippen LogP contribution < -0.4 is 10.6 Å². The molecule has 0 unspecified atom stereocenters. The minimum atomic E-state index is -1.05. The van der Waals surface area contributed by atoms with Crippen LogP contribution in [0.4, 0.5) is 0 Å². The van der Waals surface area contributed by atoms with Crippen LogP contribution in [0, 0.1) is 0 Å². The lowest BCUT2D eigenvalue weighted by atomic mass is 9.76. The van der Waals surface area contributed by atoms with Gasteiger partial charge < -0.3 is 15.7 Å². The first-order chi connectivity index (χ1) is 8.50. The number of hydrogen-bond donors (Lipinski definition) is 3. The Morgan fingerprint density at radius 3 is 2.22 bits per heavy atom. The van der Waals surface area contributed by atoms with Gasteiger partial charge in [0.05, 0.1) is 0 Å². The van der Waals surface area contributed by atoms with Gasteiger partial charge in [-0.3, -0.25) is 9.59 Å². The minimum absolute atomic E-state index is 0.0816. The lowest BCUT2D eigenvalue weighted by molar-refractivity contribution is -0.151. The summed E-state index contributed by atoms with van der Waals surface area (Å²) in [4.78, 5) is 33.8. The summed E-state index contributed by atoms with van der Waals surface area (Å²) in [5.41, 5.74) is -1.05. The monoisotopic (exact) mass is 256 g/mol. The number of carboxylic acids is 1. The van der Waals surface area contributed by atoms with Gasteiger partial charge in [0, 0.05) is 19.4 Å². The van der Waals surface area contributed by atoms with E-state index in [4.69, 9.17) is 5.11 Å². The summed E-state index contributed by atoms with van der Waals surface area (Å²) in [5.74, 6) is -1.34. The molecule has 102 valence electrons. The molecule has 2 amide bonds. The number of carboxylic acid groups (broad SMARTS) is 1. The Labute approximate surface area is 106 Å². The van der Waals surface area contributed by atoms with E-state index in [1.807, 2.05) is 6.92 Å². The van der Waals surface area contributed by atoms with Crippen LogP contribution >= 0.6 is 0 Å². The Kier molecular flexibility index (Phi) is 5.12. The highest BCUT2D eigenvalue weighted by molar-refractivity contribution is 5.88. The zero-order chi connectivity index (χ0) is 13.6. The third kappa shape index (κ3) is 3.72. The molecule has 6 nitrogen and oxygen atoms in total. The first kappa shape index (κ1) is 14.5. The SMILES string of the molecule is CCNC(=O)CCCC(=O)NC1(C(=O)O)CCC1. The van der Waals surface area contributed by atoms with Crippen LogP contribution in [0.2, 0.25) is 0 Å². The van der Waals surface area contributed by atoms with Crippen molar-refractivity contribution in [2.24, 2.45) is 0 Å². The molecular weight excluding hydrogens is 236 g/mol. The van der Waals surface area contributed by atoms with E-state index in [9.17, 15) is 14.4 Å². The normalized spacial score (nSPS) is 16.5. The molecule has 0 spiro atoms. The molecule has 1 aliphatic rings. The first-order valence-corrected chi connectivity index (χ1v) is 6.31. The molecule has 18 heavy (non-hydrogen) atoms. The maximum atomic E-state index is 11.6. The topological polar surface area (TPSA) is 95.5 Å². The molecule has 1 fully saturated rings. The molecule has 0 aromatic rings. The summed E-state index contributed by atoms with van der Waals surface area (Å²) in [7, 11) is 0. The van der Waals surface area contributed by atoms with Crippen LogP contribution in [0.25, 0.3) is 0 Å². The highest BCUT2D eigenvalue weighted by Gasteiger charge is 2.45. The van der Waals surface area contributed by atoms with E-state index >= 15 is 0 Å². The fourth-order valence-electron chi connectivity index (χ4n) is 1.95. The van der Waals surface area contributed by atoms with E-state index < -0.39 is 11.5 Å². The maximum Gasteiger partial charge on any atom is 0.329 e. The molecule has 1 aliphatic carbocycles. The minimum Gasteiger partial charge on any atom is -0.480 e. The van der Waals surface area contributed by atoms with Crippen LogP contribution in [0.1, 0.15) is 45.4 Å². The van der Waals surface area contributed by atoms with Crippen molar-refractivity contribution in [1.29, 1.82) is 0 Å². The van der Waals surface area contributed by atoms with E-state index in [0.717, 1.165) is 6.42 Å². The summed E-state index contributed by atoms with van der Waals surface area (Å²) in [6.45, 7) is 2.41. The largest absolute Gasteiger partial charge is 0.480 e. The molecule has 0 bridgehead atoms. The van der Waals surface area contributed by atoms with Crippen molar-refractivity contribution in [2.75, 3.05) is 6.54 Å². The Bertz CT molecular complexity index is 337. The van der Waals surface area contributed by atoms with E-state index in [2.05, 4.69) is 10.6 Å². The van der Waals surface area contributed by atoms with E-state index in [1.54, 1.807) is 0 Å². The van der Waals surface area contributed by atoms with Crippen LogP contribution in [0.15, 0.2) is 0 Å². The Hall–Kier alpha value is -1.59. The summed E-state index contributed by atoms with van der Waals surface area (Å²) >= 11 is 0. The van der Waals surface area contributed by atoms with Crippen LogP contribution in [0.5, 0.6) is 0 Å². The Balaban J connectivity index is 2.25. The molecule has 0 saturated heterocycles. The van der Waals surface area contributed by atoms with Gasteiger partial charge in [-0.1, -0.05) is 0 Å². The van der Waals surface area contributed by atoms with Crippen molar-refractivity contribution in [1.82, 2.24) is 10.6 Å². The first-order valence-electron chi connectivity index (χ1n) is 6.31. The number of carbonyl (C=O) groups excluding carboxylic acids is 2. The second kappa shape index (κ2) is 6.37. The van der Waals surface area contributed by atoms with Crippen molar-refractivity contribution in [3.63, 3.8) is 0 Å². The van der Waals surface area contributed by atoms with E-state index in [1.165, 1.54) is 0 Å².